The Kier molecular flexibility index (Phi) is 2.63. The molecule has 0 amide bonds. The highest BCUT2D eigenvalue weighted by molar-refractivity contribution is 5.67. The van der Waals surface area contributed by atoms with Crippen LogP contribution in [0.1, 0.15) is 5.56 Å². The number of aromatic nitrogens is 2. The Hall–Kier alpha value is -1.90. The maximum Gasteiger partial charge on any atom is 0.128 e. The summed E-state index contributed by atoms with van der Waals surface area (Å²) >= 11 is 0. The number of aryl methyl sites for hydroxylation is 1. The van der Waals surface area contributed by atoms with Crippen molar-refractivity contribution in [1.29, 1.82) is 0 Å². The Labute approximate surface area is 88.8 Å². The van der Waals surface area contributed by atoms with Crippen molar-refractivity contribution in [2.75, 3.05) is 7.11 Å². The van der Waals surface area contributed by atoms with Gasteiger partial charge in [0.05, 0.1) is 19.0 Å². The molecule has 3 nitrogen and oxygen atoms in total. The Morgan fingerprint density at radius 1 is 1.20 bits per heavy atom. The SMILES string of the molecule is COc1ccc(C)cc1-c1cnccn1. The highest BCUT2D eigenvalue weighted by Gasteiger charge is 2.06. The number of hydrogen-bond donors (Lipinski definition) is 0. The monoisotopic (exact) mass is 200 g/mol. The molecule has 0 N–H and O–H groups in total. The molecule has 1 aromatic carbocycles. The van der Waals surface area contributed by atoms with Crippen LogP contribution in [0.3, 0.4) is 0 Å². The normalized spacial score (nSPS) is 10.0. The second-order valence-corrected chi connectivity index (χ2v) is 3.29. The van der Waals surface area contributed by atoms with Crippen LogP contribution in [0.2, 0.25) is 0 Å². The van der Waals surface area contributed by atoms with Crippen molar-refractivity contribution in [2.45, 2.75) is 6.92 Å². The Morgan fingerprint density at radius 3 is 2.73 bits per heavy atom. The predicted molar refractivity (Wildman–Crippen MR) is 58.8 cm³/mol. The van der Waals surface area contributed by atoms with Crippen LogP contribution in [0.15, 0.2) is 36.8 Å². The quantitative estimate of drug-likeness (QED) is 0.747. The molecular weight excluding hydrogens is 188 g/mol. The van der Waals surface area contributed by atoms with Gasteiger partial charge in [0, 0.05) is 18.0 Å². The minimum absolute atomic E-state index is 0.820. The first kappa shape index (κ1) is 9.65. The fourth-order valence-electron chi connectivity index (χ4n) is 1.46. The van der Waals surface area contributed by atoms with E-state index >= 15 is 0 Å². The Bertz CT molecular complexity index is 454. The van der Waals surface area contributed by atoms with E-state index < -0.39 is 0 Å². The second kappa shape index (κ2) is 4.09. The van der Waals surface area contributed by atoms with E-state index in [2.05, 4.69) is 9.97 Å². The van der Waals surface area contributed by atoms with E-state index in [9.17, 15) is 0 Å². The number of ether oxygens (including phenoxy) is 1. The van der Waals surface area contributed by atoms with Gasteiger partial charge in [0.25, 0.3) is 0 Å². The van der Waals surface area contributed by atoms with Crippen LogP contribution in [0, 0.1) is 6.92 Å². The van der Waals surface area contributed by atoms with Crippen molar-refractivity contribution in [3.05, 3.63) is 42.4 Å². The molecule has 0 saturated heterocycles. The molecule has 0 aliphatic rings. The number of benzene rings is 1. The predicted octanol–water partition coefficient (Wildman–Crippen LogP) is 2.46. The summed E-state index contributed by atoms with van der Waals surface area (Å²) in [7, 11) is 1.66. The summed E-state index contributed by atoms with van der Waals surface area (Å²) in [4.78, 5) is 8.30. The summed E-state index contributed by atoms with van der Waals surface area (Å²) in [5, 5.41) is 0. The van der Waals surface area contributed by atoms with Gasteiger partial charge >= 0.3 is 0 Å². The van der Waals surface area contributed by atoms with Crippen molar-refractivity contribution in [3.8, 4) is 17.0 Å². The third-order valence-corrected chi connectivity index (χ3v) is 2.19. The fraction of sp³-hybridized carbons (Fsp3) is 0.167. The molecule has 0 saturated carbocycles. The van der Waals surface area contributed by atoms with Gasteiger partial charge in [-0.15, -0.1) is 0 Å². The van der Waals surface area contributed by atoms with Crippen LogP contribution in [0.4, 0.5) is 0 Å². The van der Waals surface area contributed by atoms with Crippen LogP contribution in [0.25, 0.3) is 11.3 Å². The number of hydrogen-bond acceptors (Lipinski definition) is 3. The Balaban J connectivity index is 2.56. The molecule has 1 heterocycles. The van der Waals surface area contributed by atoms with Crippen molar-refractivity contribution in [3.63, 3.8) is 0 Å². The largest absolute Gasteiger partial charge is 0.496 e. The first-order valence-electron chi connectivity index (χ1n) is 4.72. The molecule has 0 radical (unpaired) electrons. The first-order valence-corrected chi connectivity index (χ1v) is 4.72. The molecule has 2 rings (SSSR count). The van der Waals surface area contributed by atoms with E-state index in [0.717, 1.165) is 17.0 Å². The molecule has 15 heavy (non-hydrogen) atoms. The number of nitrogens with zero attached hydrogens (tertiary/aromatic N) is 2. The van der Waals surface area contributed by atoms with Gasteiger partial charge in [0.1, 0.15) is 5.75 Å². The third-order valence-electron chi connectivity index (χ3n) is 2.19. The lowest BCUT2D eigenvalue weighted by molar-refractivity contribution is 0.416. The van der Waals surface area contributed by atoms with Gasteiger partial charge in [-0.05, 0) is 19.1 Å². The van der Waals surface area contributed by atoms with Crippen LogP contribution in [-0.2, 0) is 0 Å². The van der Waals surface area contributed by atoms with E-state index in [1.54, 1.807) is 25.7 Å². The van der Waals surface area contributed by atoms with Crippen LogP contribution in [0.5, 0.6) is 5.75 Å². The van der Waals surface area contributed by atoms with Crippen molar-refractivity contribution in [1.82, 2.24) is 9.97 Å². The lowest BCUT2D eigenvalue weighted by Crippen LogP contribution is -1.91. The molecule has 2 aromatic rings. The summed E-state index contributed by atoms with van der Waals surface area (Å²) in [6.07, 6.45) is 5.07. The van der Waals surface area contributed by atoms with E-state index in [1.807, 2.05) is 25.1 Å². The third kappa shape index (κ3) is 1.96. The van der Waals surface area contributed by atoms with E-state index in [1.165, 1.54) is 5.56 Å². The zero-order chi connectivity index (χ0) is 10.7. The van der Waals surface area contributed by atoms with Crippen LogP contribution >= 0.6 is 0 Å². The molecule has 0 unspecified atom stereocenters. The van der Waals surface area contributed by atoms with E-state index in [-0.39, 0.29) is 0 Å². The van der Waals surface area contributed by atoms with Gasteiger partial charge in [0.15, 0.2) is 0 Å². The maximum atomic E-state index is 5.29. The number of rotatable bonds is 2. The molecule has 0 fully saturated rings. The maximum absolute atomic E-state index is 5.29. The summed E-state index contributed by atoms with van der Waals surface area (Å²) in [6, 6.07) is 6.00. The lowest BCUT2D eigenvalue weighted by Gasteiger charge is -2.08. The van der Waals surface area contributed by atoms with Gasteiger partial charge in [0.2, 0.25) is 0 Å². The van der Waals surface area contributed by atoms with E-state index in [0.29, 0.717) is 0 Å². The van der Waals surface area contributed by atoms with Gasteiger partial charge in [-0.3, -0.25) is 9.97 Å². The summed E-state index contributed by atoms with van der Waals surface area (Å²) in [5.74, 6) is 0.820. The molecule has 3 heteroatoms. The minimum Gasteiger partial charge on any atom is -0.496 e. The van der Waals surface area contributed by atoms with Gasteiger partial charge in [-0.25, -0.2) is 0 Å². The second-order valence-electron chi connectivity index (χ2n) is 3.29. The topological polar surface area (TPSA) is 35.0 Å². The summed E-state index contributed by atoms with van der Waals surface area (Å²) in [6.45, 7) is 2.04. The molecule has 0 aliphatic heterocycles. The zero-order valence-corrected chi connectivity index (χ0v) is 8.77. The van der Waals surface area contributed by atoms with Crippen LogP contribution < -0.4 is 4.74 Å². The summed E-state index contributed by atoms with van der Waals surface area (Å²) < 4.78 is 5.29. The fourth-order valence-corrected chi connectivity index (χ4v) is 1.46. The van der Waals surface area contributed by atoms with Gasteiger partial charge < -0.3 is 4.74 Å². The van der Waals surface area contributed by atoms with Crippen molar-refractivity contribution in [2.24, 2.45) is 0 Å². The summed E-state index contributed by atoms with van der Waals surface area (Å²) in [5.41, 5.74) is 2.99. The molecule has 0 aliphatic carbocycles. The molecule has 1 aromatic heterocycles. The van der Waals surface area contributed by atoms with Gasteiger partial charge in [-0.1, -0.05) is 11.6 Å². The zero-order valence-electron chi connectivity index (χ0n) is 8.77. The lowest BCUT2D eigenvalue weighted by atomic mass is 10.1. The standard InChI is InChI=1S/C12H12N2O/c1-9-3-4-12(15-2)10(7-9)11-8-13-5-6-14-11/h3-8H,1-2H3. The molecule has 76 valence electrons. The number of methoxy groups -OCH3 is 1. The average molecular weight is 200 g/mol. The van der Waals surface area contributed by atoms with Crippen molar-refractivity contribution >= 4 is 0 Å². The van der Waals surface area contributed by atoms with Crippen molar-refractivity contribution < 1.29 is 4.74 Å². The smallest absolute Gasteiger partial charge is 0.128 e. The molecular formula is C12H12N2O. The molecule has 0 atom stereocenters. The first-order chi connectivity index (χ1) is 7.31. The Morgan fingerprint density at radius 2 is 2.07 bits per heavy atom. The van der Waals surface area contributed by atoms with Crippen LogP contribution in [-0.4, -0.2) is 17.1 Å². The highest BCUT2D eigenvalue weighted by Crippen LogP contribution is 2.28. The minimum atomic E-state index is 0.820. The molecule has 0 spiro atoms. The average Bonchev–Trinajstić information content (AvgIpc) is 2.30. The highest BCUT2D eigenvalue weighted by atomic mass is 16.5. The van der Waals surface area contributed by atoms with E-state index in [4.69, 9.17) is 4.74 Å². The molecule has 0 bridgehead atoms. The van der Waals surface area contributed by atoms with Gasteiger partial charge in [-0.2, -0.15) is 0 Å².